The highest BCUT2D eigenvalue weighted by molar-refractivity contribution is 14.1. The highest BCUT2D eigenvalue weighted by Crippen LogP contribution is 2.38. The van der Waals surface area contributed by atoms with Gasteiger partial charge in [0.1, 0.15) is 0 Å². The molecule has 1 aliphatic heterocycles. The number of carbonyl (C=O) groups excluding carboxylic acids is 3. The molecule has 1 aromatic carbocycles. The number of carbonyl (C=O) groups is 3. The van der Waals surface area contributed by atoms with Gasteiger partial charge in [0.25, 0.3) is 0 Å². The van der Waals surface area contributed by atoms with Crippen molar-refractivity contribution in [2.24, 2.45) is 0 Å². The summed E-state index contributed by atoms with van der Waals surface area (Å²) in [5.41, 5.74) is 1.29. The van der Waals surface area contributed by atoms with Crippen LogP contribution in [0.1, 0.15) is 32.4 Å². The zero-order valence-corrected chi connectivity index (χ0v) is 18.7. The summed E-state index contributed by atoms with van der Waals surface area (Å²) in [4.78, 5) is 35.9. The Labute approximate surface area is 182 Å². The Morgan fingerprint density at radius 2 is 1.90 bits per heavy atom. The molecule has 1 heterocycles. The molecule has 0 saturated carbocycles. The van der Waals surface area contributed by atoms with E-state index in [2.05, 4.69) is 10.6 Å². The molecule has 158 valence electrons. The van der Waals surface area contributed by atoms with Gasteiger partial charge in [-0.2, -0.15) is 0 Å². The fraction of sp³-hybridized carbons (Fsp3) is 0.421. The summed E-state index contributed by atoms with van der Waals surface area (Å²) in [5, 5.41) is 5.30. The number of allylic oxidation sites excluding steroid dienone is 1. The van der Waals surface area contributed by atoms with E-state index in [0.29, 0.717) is 32.9 Å². The van der Waals surface area contributed by atoms with Gasteiger partial charge in [0, 0.05) is 5.70 Å². The summed E-state index contributed by atoms with van der Waals surface area (Å²) in [6, 6.07) is 2.24. The largest absolute Gasteiger partial charge is 0.490 e. The summed E-state index contributed by atoms with van der Waals surface area (Å²) in [7, 11) is 1.28. The highest BCUT2D eigenvalue weighted by Gasteiger charge is 2.33. The van der Waals surface area contributed by atoms with Gasteiger partial charge in [-0.3, -0.25) is 0 Å². The third-order valence-corrected chi connectivity index (χ3v) is 4.78. The van der Waals surface area contributed by atoms with Crippen molar-refractivity contribution >= 4 is 40.6 Å². The lowest BCUT2D eigenvalue weighted by Gasteiger charge is -2.28. The Kier molecular flexibility index (Phi) is 8.11. The molecule has 9 nitrogen and oxygen atoms in total. The van der Waals surface area contributed by atoms with Crippen LogP contribution in [0.3, 0.4) is 0 Å². The summed E-state index contributed by atoms with van der Waals surface area (Å²) in [6.45, 7) is 5.50. The topological polar surface area (TPSA) is 112 Å². The van der Waals surface area contributed by atoms with Crippen LogP contribution < -0.4 is 20.1 Å². The van der Waals surface area contributed by atoms with Crippen LogP contribution in [0, 0.1) is 3.57 Å². The van der Waals surface area contributed by atoms with E-state index in [1.54, 1.807) is 26.0 Å². The third kappa shape index (κ3) is 5.52. The van der Waals surface area contributed by atoms with Crippen LogP contribution in [-0.4, -0.2) is 44.9 Å². The minimum Gasteiger partial charge on any atom is -0.490 e. The molecule has 2 N–H and O–H groups in total. The summed E-state index contributed by atoms with van der Waals surface area (Å²) in [5.74, 6) is -0.291. The summed E-state index contributed by atoms with van der Waals surface area (Å²) >= 11 is 2.04. The van der Waals surface area contributed by atoms with E-state index in [4.69, 9.17) is 18.9 Å². The molecule has 0 spiro atoms. The van der Waals surface area contributed by atoms with Gasteiger partial charge in [0.2, 0.25) is 0 Å². The van der Waals surface area contributed by atoms with Gasteiger partial charge in [-0.05, 0) is 61.1 Å². The molecule has 0 radical (unpaired) electrons. The van der Waals surface area contributed by atoms with Crippen molar-refractivity contribution < 1.29 is 33.3 Å². The second-order valence-corrected chi connectivity index (χ2v) is 7.08. The molecule has 2 rings (SSSR count). The number of halogens is 1. The van der Waals surface area contributed by atoms with E-state index in [1.165, 1.54) is 7.11 Å². The van der Waals surface area contributed by atoms with Crippen molar-refractivity contribution in [2.75, 3.05) is 26.9 Å². The molecule has 0 aromatic heterocycles. The number of urea groups is 1. The number of amides is 2. The predicted molar refractivity (Wildman–Crippen MR) is 112 cm³/mol. The predicted octanol–water partition coefficient (Wildman–Crippen LogP) is 2.43. The van der Waals surface area contributed by atoms with Crippen LogP contribution in [0.5, 0.6) is 11.5 Å². The normalized spacial score (nSPS) is 15.9. The number of methoxy groups -OCH3 is 1. The average molecular weight is 518 g/mol. The van der Waals surface area contributed by atoms with Gasteiger partial charge < -0.3 is 29.6 Å². The number of hydrogen-bond acceptors (Lipinski definition) is 7. The Morgan fingerprint density at radius 1 is 1.17 bits per heavy atom. The van der Waals surface area contributed by atoms with Crippen molar-refractivity contribution in [3.8, 4) is 11.5 Å². The first-order chi connectivity index (χ1) is 13.8. The monoisotopic (exact) mass is 518 g/mol. The van der Waals surface area contributed by atoms with Crippen molar-refractivity contribution in [3.05, 3.63) is 32.5 Å². The molecule has 0 unspecified atom stereocenters. The first kappa shape index (κ1) is 22.8. The first-order valence-electron chi connectivity index (χ1n) is 8.93. The zero-order chi connectivity index (χ0) is 21.6. The molecule has 1 aromatic rings. The smallest absolute Gasteiger partial charge is 0.344 e. The Balaban J connectivity index is 2.45. The standard InChI is InChI=1S/C19H23IN2O7/c1-5-27-13-8-11(7-12(20)17(13)29-9-14(23)28-6-2)16-15(18(24)26-4)10(3)21-19(25)22-16/h7-8,16H,5-6,9H2,1-4H3,(H2,21,22,25)/t16-/m0/s1. The number of ether oxygens (including phenoxy) is 4. The van der Waals surface area contributed by atoms with E-state index in [-0.39, 0.29) is 18.8 Å². The lowest BCUT2D eigenvalue weighted by molar-refractivity contribution is -0.145. The average Bonchev–Trinajstić information content (AvgIpc) is 2.66. The van der Waals surface area contributed by atoms with Gasteiger partial charge in [-0.25, -0.2) is 14.4 Å². The second-order valence-electron chi connectivity index (χ2n) is 5.92. The van der Waals surface area contributed by atoms with Gasteiger partial charge >= 0.3 is 18.0 Å². The maximum atomic E-state index is 12.3. The highest BCUT2D eigenvalue weighted by atomic mass is 127. The van der Waals surface area contributed by atoms with Crippen molar-refractivity contribution in [1.29, 1.82) is 0 Å². The molecule has 0 fully saturated rings. The molecule has 1 aliphatic rings. The van der Waals surface area contributed by atoms with Crippen LogP contribution in [-0.2, 0) is 19.1 Å². The van der Waals surface area contributed by atoms with Gasteiger partial charge in [0.05, 0.1) is 35.5 Å². The van der Waals surface area contributed by atoms with Crippen LogP contribution in [0.4, 0.5) is 4.79 Å². The van der Waals surface area contributed by atoms with E-state index in [1.807, 2.05) is 29.5 Å². The Morgan fingerprint density at radius 3 is 2.52 bits per heavy atom. The van der Waals surface area contributed by atoms with Crippen LogP contribution in [0.25, 0.3) is 0 Å². The number of hydrogen-bond donors (Lipinski definition) is 2. The Bertz CT molecular complexity index is 838. The van der Waals surface area contributed by atoms with Crippen LogP contribution >= 0.6 is 22.6 Å². The maximum absolute atomic E-state index is 12.3. The molecule has 10 heteroatoms. The quantitative estimate of drug-likeness (QED) is 0.402. The Hall–Kier alpha value is -2.50. The maximum Gasteiger partial charge on any atom is 0.344 e. The molecule has 0 saturated heterocycles. The van der Waals surface area contributed by atoms with Crippen LogP contribution in [0.2, 0.25) is 0 Å². The van der Waals surface area contributed by atoms with Gasteiger partial charge in [-0.1, -0.05) is 0 Å². The van der Waals surface area contributed by atoms with E-state index < -0.39 is 24.0 Å². The fourth-order valence-electron chi connectivity index (χ4n) is 2.82. The number of benzene rings is 1. The lowest BCUT2D eigenvalue weighted by atomic mass is 9.95. The molecule has 0 bridgehead atoms. The van der Waals surface area contributed by atoms with E-state index >= 15 is 0 Å². The molecular weight excluding hydrogens is 495 g/mol. The fourth-order valence-corrected chi connectivity index (χ4v) is 3.60. The van der Waals surface area contributed by atoms with Crippen molar-refractivity contribution in [1.82, 2.24) is 10.6 Å². The van der Waals surface area contributed by atoms with E-state index in [0.717, 1.165) is 0 Å². The second kappa shape index (κ2) is 10.3. The number of nitrogens with one attached hydrogen (secondary N) is 2. The van der Waals surface area contributed by atoms with Gasteiger partial charge in [-0.15, -0.1) is 0 Å². The molecular formula is C19H23IN2O7. The van der Waals surface area contributed by atoms with Crippen molar-refractivity contribution in [2.45, 2.75) is 26.8 Å². The van der Waals surface area contributed by atoms with Crippen LogP contribution in [0.15, 0.2) is 23.4 Å². The lowest BCUT2D eigenvalue weighted by Crippen LogP contribution is -2.45. The minimum atomic E-state index is -0.733. The number of rotatable bonds is 8. The van der Waals surface area contributed by atoms with Crippen molar-refractivity contribution in [3.63, 3.8) is 0 Å². The molecule has 0 aliphatic carbocycles. The third-order valence-electron chi connectivity index (χ3n) is 3.98. The van der Waals surface area contributed by atoms with E-state index in [9.17, 15) is 14.4 Å². The summed E-state index contributed by atoms with van der Waals surface area (Å²) < 4.78 is 21.7. The molecule has 2 amide bonds. The first-order valence-corrected chi connectivity index (χ1v) is 10.0. The number of esters is 2. The molecule has 29 heavy (non-hydrogen) atoms. The summed E-state index contributed by atoms with van der Waals surface area (Å²) in [6.07, 6.45) is 0. The molecule has 1 atom stereocenters. The van der Waals surface area contributed by atoms with Gasteiger partial charge in [0.15, 0.2) is 18.1 Å². The zero-order valence-electron chi connectivity index (χ0n) is 16.6. The SMILES string of the molecule is CCOC(=O)COc1c(I)cc([C@@H]2NC(=O)NC(C)=C2C(=O)OC)cc1OCC. The minimum absolute atomic E-state index is 0.258.